The Kier molecular flexibility index (Phi) is 8.41. The Bertz CT molecular complexity index is 569. The summed E-state index contributed by atoms with van der Waals surface area (Å²) in [6, 6.07) is 2.58. The zero-order valence-corrected chi connectivity index (χ0v) is 15.0. The van der Waals surface area contributed by atoms with Gasteiger partial charge in [0.2, 0.25) is 5.91 Å². The minimum absolute atomic E-state index is 0.0597. The van der Waals surface area contributed by atoms with Crippen LogP contribution in [0.15, 0.2) is 17.0 Å². The topological polar surface area (TPSA) is 55.4 Å². The van der Waals surface area contributed by atoms with Crippen LogP contribution in [-0.2, 0) is 14.3 Å². The molecule has 128 valence electrons. The van der Waals surface area contributed by atoms with Crippen LogP contribution in [0.4, 0.5) is 10.1 Å². The molecule has 0 fully saturated rings. The number of nitrogens with one attached hydrogen (secondary N) is 1. The summed E-state index contributed by atoms with van der Waals surface area (Å²) in [5.41, 5.74) is 0.0597. The van der Waals surface area contributed by atoms with E-state index < -0.39 is 11.1 Å². The number of benzene rings is 1. The van der Waals surface area contributed by atoms with Crippen LogP contribution >= 0.6 is 23.4 Å². The Hall–Kier alpha value is -1.27. The van der Waals surface area contributed by atoms with Crippen LogP contribution in [0.2, 0.25) is 5.02 Å². The van der Waals surface area contributed by atoms with Crippen LogP contribution in [0.5, 0.6) is 0 Å². The first-order valence-corrected chi connectivity index (χ1v) is 8.76. The maximum atomic E-state index is 13.9. The molecule has 1 atom stereocenters. The molecular formula is C16H21ClFNO3S. The van der Waals surface area contributed by atoms with E-state index in [1.54, 1.807) is 6.92 Å². The molecule has 1 rings (SSSR count). The average molecular weight is 362 g/mol. The van der Waals surface area contributed by atoms with Gasteiger partial charge in [-0.05, 0) is 31.9 Å². The standard InChI is InChI=1S/C16H21ClFNO3S/c1-4-6-15(20)19-13-9-14(11(17)8-12(13)18)23-10(3)16(21)22-7-5-2/h8-10H,4-7H2,1-3H3,(H,19,20). The third kappa shape index (κ3) is 6.39. The van der Waals surface area contributed by atoms with Crippen molar-refractivity contribution in [3.63, 3.8) is 0 Å². The van der Waals surface area contributed by atoms with E-state index >= 15 is 0 Å². The van der Waals surface area contributed by atoms with Gasteiger partial charge in [0.25, 0.3) is 0 Å². The Morgan fingerprint density at radius 2 is 2.04 bits per heavy atom. The molecule has 4 nitrogen and oxygen atoms in total. The van der Waals surface area contributed by atoms with Crippen LogP contribution < -0.4 is 5.32 Å². The molecule has 0 heterocycles. The second-order valence-electron chi connectivity index (χ2n) is 4.99. The highest BCUT2D eigenvalue weighted by atomic mass is 35.5. The molecule has 0 saturated heterocycles. The van der Waals surface area contributed by atoms with Gasteiger partial charge in [-0.1, -0.05) is 25.4 Å². The highest BCUT2D eigenvalue weighted by Gasteiger charge is 2.19. The maximum Gasteiger partial charge on any atom is 0.319 e. The summed E-state index contributed by atoms with van der Waals surface area (Å²) in [6.07, 6.45) is 1.72. The molecule has 0 aliphatic rings. The number of carbonyl (C=O) groups is 2. The summed E-state index contributed by atoms with van der Waals surface area (Å²) in [4.78, 5) is 23.9. The summed E-state index contributed by atoms with van der Waals surface area (Å²) in [5, 5.41) is 2.22. The number of ether oxygens (including phenoxy) is 1. The van der Waals surface area contributed by atoms with E-state index in [2.05, 4.69) is 5.32 Å². The summed E-state index contributed by atoms with van der Waals surface area (Å²) >= 11 is 7.19. The molecule has 1 N–H and O–H groups in total. The summed E-state index contributed by atoms with van der Waals surface area (Å²) < 4.78 is 19.0. The number of thioether (sulfide) groups is 1. The van der Waals surface area contributed by atoms with Crippen molar-refractivity contribution in [2.24, 2.45) is 0 Å². The molecule has 1 aromatic carbocycles. The van der Waals surface area contributed by atoms with Gasteiger partial charge in [0.1, 0.15) is 11.1 Å². The van der Waals surface area contributed by atoms with Gasteiger partial charge in [-0.15, -0.1) is 11.8 Å². The Morgan fingerprint density at radius 3 is 2.65 bits per heavy atom. The molecule has 0 aromatic heterocycles. The Morgan fingerprint density at radius 1 is 1.35 bits per heavy atom. The van der Waals surface area contributed by atoms with Gasteiger partial charge in [-0.2, -0.15) is 0 Å². The zero-order chi connectivity index (χ0) is 17.4. The Labute approximate surface area is 145 Å². The fourth-order valence-electron chi connectivity index (χ4n) is 1.71. The molecule has 0 saturated carbocycles. The van der Waals surface area contributed by atoms with Gasteiger partial charge in [0.15, 0.2) is 0 Å². The fourth-order valence-corrected chi connectivity index (χ4v) is 2.90. The van der Waals surface area contributed by atoms with E-state index in [1.807, 2.05) is 13.8 Å². The van der Waals surface area contributed by atoms with Crippen molar-refractivity contribution in [1.82, 2.24) is 0 Å². The Balaban J connectivity index is 2.86. The number of hydrogen-bond donors (Lipinski definition) is 1. The first-order valence-electron chi connectivity index (χ1n) is 7.51. The summed E-state index contributed by atoms with van der Waals surface area (Å²) in [7, 11) is 0. The van der Waals surface area contributed by atoms with Crippen LogP contribution in [0.25, 0.3) is 0 Å². The van der Waals surface area contributed by atoms with Gasteiger partial charge in [-0.25, -0.2) is 4.39 Å². The van der Waals surface area contributed by atoms with Crippen molar-refractivity contribution in [3.05, 3.63) is 23.0 Å². The monoisotopic (exact) mass is 361 g/mol. The molecule has 0 aliphatic heterocycles. The lowest BCUT2D eigenvalue weighted by molar-refractivity contribution is -0.142. The molecule has 1 amide bonds. The number of esters is 1. The largest absolute Gasteiger partial charge is 0.465 e. The lowest BCUT2D eigenvalue weighted by Crippen LogP contribution is -2.17. The lowest BCUT2D eigenvalue weighted by atomic mass is 10.2. The van der Waals surface area contributed by atoms with E-state index in [-0.39, 0.29) is 22.6 Å². The van der Waals surface area contributed by atoms with Crippen molar-refractivity contribution >= 4 is 40.9 Å². The third-order valence-corrected chi connectivity index (χ3v) is 4.42. The first-order chi connectivity index (χ1) is 10.9. The molecule has 1 unspecified atom stereocenters. The van der Waals surface area contributed by atoms with E-state index in [0.29, 0.717) is 24.3 Å². The number of amides is 1. The van der Waals surface area contributed by atoms with Crippen molar-refractivity contribution in [2.75, 3.05) is 11.9 Å². The molecule has 23 heavy (non-hydrogen) atoms. The van der Waals surface area contributed by atoms with Crippen LogP contribution in [0.1, 0.15) is 40.0 Å². The van der Waals surface area contributed by atoms with Crippen LogP contribution in [-0.4, -0.2) is 23.7 Å². The highest BCUT2D eigenvalue weighted by Crippen LogP contribution is 2.34. The SMILES string of the molecule is CCCOC(=O)C(C)Sc1cc(NC(=O)CCC)c(F)cc1Cl. The number of halogens is 2. The van der Waals surface area contributed by atoms with Gasteiger partial charge in [0.05, 0.1) is 17.3 Å². The molecule has 7 heteroatoms. The molecule has 0 bridgehead atoms. The van der Waals surface area contributed by atoms with E-state index in [4.69, 9.17) is 16.3 Å². The average Bonchev–Trinajstić information content (AvgIpc) is 2.49. The molecule has 0 spiro atoms. The molecule has 0 radical (unpaired) electrons. The van der Waals surface area contributed by atoms with E-state index in [0.717, 1.165) is 12.5 Å². The predicted molar refractivity (Wildman–Crippen MR) is 91.5 cm³/mol. The minimum atomic E-state index is -0.606. The second kappa shape index (κ2) is 9.78. The van der Waals surface area contributed by atoms with Crippen molar-refractivity contribution in [2.45, 2.75) is 50.2 Å². The van der Waals surface area contributed by atoms with Crippen LogP contribution in [0, 0.1) is 5.82 Å². The first kappa shape index (κ1) is 19.8. The number of anilines is 1. The van der Waals surface area contributed by atoms with Crippen LogP contribution in [0.3, 0.4) is 0 Å². The predicted octanol–water partition coefficient (Wildman–Crippen LogP) is 4.65. The van der Waals surface area contributed by atoms with E-state index in [9.17, 15) is 14.0 Å². The van der Waals surface area contributed by atoms with Crippen molar-refractivity contribution < 1.29 is 18.7 Å². The normalized spacial score (nSPS) is 11.9. The summed E-state index contributed by atoms with van der Waals surface area (Å²) in [6.45, 7) is 5.83. The summed E-state index contributed by atoms with van der Waals surface area (Å²) in [5.74, 6) is -1.22. The maximum absolute atomic E-state index is 13.9. The lowest BCUT2D eigenvalue weighted by Gasteiger charge is -2.14. The molecule has 1 aromatic rings. The second-order valence-corrected chi connectivity index (χ2v) is 6.78. The number of hydrogen-bond acceptors (Lipinski definition) is 4. The molecular weight excluding hydrogens is 341 g/mol. The third-order valence-electron chi connectivity index (χ3n) is 2.86. The van der Waals surface area contributed by atoms with E-state index in [1.165, 1.54) is 17.8 Å². The van der Waals surface area contributed by atoms with Gasteiger partial charge in [-0.3, -0.25) is 9.59 Å². The zero-order valence-electron chi connectivity index (χ0n) is 13.4. The van der Waals surface area contributed by atoms with Crippen molar-refractivity contribution in [3.8, 4) is 0 Å². The minimum Gasteiger partial charge on any atom is -0.465 e. The van der Waals surface area contributed by atoms with Gasteiger partial charge >= 0.3 is 5.97 Å². The molecule has 0 aliphatic carbocycles. The van der Waals surface area contributed by atoms with Gasteiger partial charge < -0.3 is 10.1 Å². The van der Waals surface area contributed by atoms with Gasteiger partial charge in [0, 0.05) is 11.3 Å². The number of carbonyl (C=O) groups excluding carboxylic acids is 2. The fraction of sp³-hybridized carbons (Fsp3) is 0.500. The quantitative estimate of drug-likeness (QED) is 0.540. The smallest absolute Gasteiger partial charge is 0.319 e. The highest BCUT2D eigenvalue weighted by molar-refractivity contribution is 8.00. The van der Waals surface area contributed by atoms with Crippen molar-refractivity contribution in [1.29, 1.82) is 0 Å². The number of rotatable bonds is 8.